The van der Waals surface area contributed by atoms with Crippen molar-refractivity contribution >= 4 is 28.8 Å². The van der Waals surface area contributed by atoms with Crippen molar-refractivity contribution in [3.63, 3.8) is 0 Å². The molecule has 0 spiro atoms. The number of nitrogens with one attached hydrogen (secondary N) is 1. The van der Waals surface area contributed by atoms with Crippen LogP contribution in [0.4, 0.5) is 0 Å². The fraction of sp³-hybridized carbons (Fsp3) is 0.200. The molecule has 1 heterocycles. The van der Waals surface area contributed by atoms with Gasteiger partial charge in [-0.05, 0) is 25.5 Å². The van der Waals surface area contributed by atoms with Crippen LogP contribution in [-0.2, 0) is 17.8 Å². The molecule has 1 N–H and O–H groups in total. The van der Waals surface area contributed by atoms with Gasteiger partial charge in [0.25, 0.3) is 0 Å². The number of carbonyl (C=O) groups is 1. The fourth-order valence-corrected chi connectivity index (χ4v) is 3.91. The minimum absolute atomic E-state index is 0.0118. The highest BCUT2D eigenvalue weighted by Crippen LogP contribution is 2.32. The highest BCUT2D eigenvalue weighted by atomic mass is 35.5. The Morgan fingerprint density at radius 1 is 1.16 bits per heavy atom. The molecule has 5 heteroatoms. The number of benzene rings is 2. The summed E-state index contributed by atoms with van der Waals surface area (Å²) in [5.74, 6) is 0.0118. The summed E-state index contributed by atoms with van der Waals surface area (Å²) in [4.78, 5) is 17.8. The number of hydrogen-bond donors (Lipinski definition) is 1. The largest absolute Gasteiger partial charge is 0.351 e. The van der Waals surface area contributed by atoms with E-state index in [-0.39, 0.29) is 5.91 Å². The molecule has 0 bridgehead atoms. The number of rotatable bonds is 5. The number of amides is 1. The van der Waals surface area contributed by atoms with Crippen LogP contribution in [0.3, 0.4) is 0 Å². The molecule has 0 aliphatic heterocycles. The van der Waals surface area contributed by atoms with Crippen LogP contribution in [-0.4, -0.2) is 10.9 Å². The van der Waals surface area contributed by atoms with Crippen molar-refractivity contribution in [3.05, 3.63) is 75.3 Å². The Morgan fingerprint density at radius 3 is 2.72 bits per heavy atom. The minimum atomic E-state index is 0.0118. The predicted molar refractivity (Wildman–Crippen MR) is 104 cm³/mol. The topological polar surface area (TPSA) is 42.0 Å². The van der Waals surface area contributed by atoms with Gasteiger partial charge < -0.3 is 5.32 Å². The van der Waals surface area contributed by atoms with Crippen LogP contribution in [0.1, 0.15) is 21.7 Å². The monoisotopic (exact) mass is 370 g/mol. The normalized spacial score (nSPS) is 10.7. The van der Waals surface area contributed by atoms with Crippen LogP contribution in [0.15, 0.2) is 48.5 Å². The number of hydrogen-bond acceptors (Lipinski definition) is 3. The van der Waals surface area contributed by atoms with E-state index in [1.54, 1.807) is 11.3 Å². The molecule has 3 aromatic rings. The molecular formula is C20H19ClN2OS. The van der Waals surface area contributed by atoms with E-state index in [9.17, 15) is 4.79 Å². The van der Waals surface area contributed by atoms with Crippen molar-refractivity contribution in [3.8, 4) is 10.6 Å². The van der Waals surface area contributed by atoms with Crippen molar-refractivity contribution in [2.75, 3.05) is 0 Å². The van der Waals surface area contributed by atoms with Gasteiger partial charge in [0.1, 0.15) is 5.01 Å². The second kappa shape index (κ2) is 7.81. The zero-order valence-corrected chi connectivity index (χ0v) is 15.7. The van der Waals surface area contributed by atoms with Crippen molar-refractivity contribution in [1.29, 1.82) is 0 Å². The molecule has 1 amide bonds. The maximum absolute atomic E-state index is 12.2. The summed E-state index contributed by atoms with van der Waals surface area (Å²) < 4.78 is 0. The van der Waals surface area contributed by atoms with Gasteiger partial charge in [0.15, 0.2) is 0 Å². The number of halogens is 1. The van der Waals surface area contributed by atoms with Crippen molar-refractivity contribution in [1.82, 2.24) is 10.3 Å². The zero-order valence-electron chi connectivity index (χ0n) is 14.2. The van der Waals surface area contributed by atoms with E-state index in [2.05, 4.69) is 10.3 Å². The maximum Gasteiger partial charge on any atom is 0.224 e. The first-order valence-electron chi connectivity index (χ1n) is 8.06. The number of carbonyl (C=O) groups excluding carboxylic acids is 1. The van der Waals surface area contributed by atoms with Crippen LogP contribution in [0.5, 0.6) is 0 Å². The van der Waals surface area contributed by atoms with Gasteiger partial charge in [0.2, 0.25) is 5.91 Å². The lowest BCUT2D eigenvalue weighted by atomic mass is 10.1. The molecule has 0 saturated heterocycles. The Hall–Kier alpha value is -2.17. The molecule has 0 fully saturated rings. The molecule has 3 nitrogen and oxygen atoms in total. The lowest BCUT2D eigenvalue weighted by Crippen LogP contribution is -2.24. The molecule has 128 valence electrons. The molecule has 3 rings (SSSR count). The number of nitrogens with zero attached hydrogens (tertiary/aromatic N) is 1. The Morgan fingerprint density at radius 2 is 1.96 bits per heavy atom. The number of aryl methyl sites for hydroxylation is 2. The number of thiazole rings is 1. The molecule has 2 aromatic carbocycles. The van der Waals surface area contributed by atoms with Gasteiger partial charge in [-0.15, -0.1) is 11.3 Å². The summed E-state index contributed by atoms with van der Waals surface area (Å²) in [5.41, 5.74) is 4.04. The summed E-state index contributed by atoms with van der Waals surface area (Å²) in [7, 11) is 0. The lowest BCUT2D eigenvalue weighted by Gasteiger charge is -2.05. The van der Waals surface area contributed by atoms with Crippen molar-refractivity contribution < 1.29 is 4.79 Å². The van der Waals surface area contributed by atoms with E-state index >= 15 is 0 Å². The molecule has 0 unspecified atom stereocenters. The van der Waals surface area contributed by atoms with Crippen LogP contribution in [0.25, 0.3) is 10.6 Å². The van der Waals surface area contributed by atoms with E-state index in [0.717, 1.165) is 32.3 Å². The first-order chi connectivity index (χ1) is 12.0. The van der Waals surface area contributed by atoms with Crippen LogP contribution in [0, 0.1) is 13.8 Å². The van der Waals surface area contributed by atoms with E-state index in [1.807, 2.05) is 62.4 Å². The van der Waals surface area contributed by atoms with Crippen LogP contribution < -0.4 is 5.32 Å². The fourth-order valence-electron chi connectivity index (χ4n) is 2.59. The summed E-state index contributed by atoms with van der Waals surface area (Å²) in [6.45, 7) is 4.47. The molecular weight excluding hydrogens is 352 g/mol. The first kappa shape index (κ1) is 17.6. The smallest absolute Gasteiger partial charge is 0.224 e. The Bertz CT molecular complexity index is 904. The third-order valence-electron chi connectivity index (χ3n) is 3.89. The lowest BCUT2D eigenvalue weighted by molar-refractivity contribution is -0.120. The minimum Gasteiger partial charge on any atom is -0.351 e. The van der Waals surface area contributed by atoms with E-state index in [1.165, 1.54) is 0 Å². The van der Waals surface area contributed by atoms with Gasteiger partial charge in [-0.3, -0.25) is 4.79 Å². The van der Waals surface area contributed by atoms with Gasteiger partial charge in [0, 0.05) is 10.4 Å². The summed E-state index contributed by atoms with van der Waals surface area (Å²) in [6, 6.07) is 15.7. The summed E-state index contributed by atoms with van der Waals surface area (Å²) in [6.07, 6.45) is 0.386. The van der Waals surface area contributed by atoms with Gasteiger partial charge in [-0.1, -0.05) is 59.6 Å². The van der Waals surface area contributed by atoms with E-state index < -0.39 is 0 Å². The predicted octanol–water partition coefficient (Wildman–Crippen LogP) is 4.94. The summed E-state index contributed by atoms with van der Waals surface area (Å²) in [5, 5.41) is 4.55. The SMILES string of the molecule is Cc1cccc(CC(=O)NCc2sc(-c3ccccc3Cl)nc2C)c1. The number of aromatic nitrogens is 1. The zero-order chi connectivity index (χ0) is 17.8. The van der Waals surface area contributed by atoms with Crippen molar-refractivity contribution in [2.45, 2.75) is 26.8 Å². The Balaban J connectivity index is 1.66. The molecule has 1 aromatic heterocycles. The average molecular weight is 371 g/mol. The molecule has 0 saturated carbocycles. The van der Waals surface area contributed by atoms with Gasteiger partial charge >= 0.3 is 0 Å². The van der Waals surface area contributed by atoms with Gasteiger partial charge in [-0.25, -0.2) is 4.98 Å². The van der Waals surface area contributed by atoms with Crippen molar-refractivity contribution in [2.24, 2.45) is 0 Å². The van der Waals surface area contributed by atoms with Gasteiger partial charge in [-0.2, -0.15) is 0 Å². The molecule has 0 aliphatic rings. The average Bonchev–Trinajstić information content (AvgIpc) is 2.94. The van der Waals surface area contributed by atoms with E-state index in [0.29, 0.717) is 18.0 Å². The highest BCUT2D eigenvalue weighted by Gasteiger charge is 2.12. The van der Waals surface area contributed by atoms with Crippen LogP contribution in [0.2, 0.25) is 5.02 Å². The second-order valence-corrected chi connectivity index (χ2v) is 7.44. The Labute approximate surface area is 156 Å². The highest BCUT2D eigenvalue weighted by molar-refractivity contribution is 7.15. The quantitative estimate of drug-likeness (QED) is 0.691. The van der Waals surface area contributed by atoms with Crippen LogP contribution >= 0.6 is 22.9 Å². The Kier molecular flexibility index (Phi) is 5.51. The summed E-state index contributed by atoms with van der Waals surface area (Å²) >= 11 is 7.82. The standard InChI is InChI=1S/C20H19ClN2OS/c1-13-6-5-7-15(10-13)11-19(24)22-12-18-14(2)23-20(25-18)16-8-3-4-9-17(16)21/h3-10H,11-12H2,1-2H3,(H,22,24). The molecule has 25 heavy (non-hydrogen) atoms. The third-order valence-corrected chi connectivity index (χ3v) is 5.41. The second-order valence-electron chi connectivity index (χ2n) is 5.95. The molecule has 0 radical (unpaired) electrons. The van der Waals surface area contributed by atoms with Gasteiger partial charge in [0.05, 0.1) is 23.7 Å². The molecule has 0 aliphatic carbocycles. The third kappa shape index (κ3) is 4.47. The molecule has 0 atom stereocenters. The maximum atomic E-state index is 12.2. The van der Waals surface area contributed by atoms with E-state index in [4.69, 9.17) is 11.6 Å². The first-order valence-corrected chi connectivity index (χ1v) is 9.26.